The van der Waals surface area contributed by atoms with Crippen molar-refractivity contribution in [3.8, 4) is 0 Å². The van der Waals surface area contributed by atoms with Gasteiger partial charge in [-0.05, 0) is 24.1 Å². The summed E-state index contributed by atoms with van der Waals surface area (Å²) in [6.45, 7) is 3.10. The molecule has 4 nitrogen and oxygen atoms in total. The zero-order valence-corrected chi connectivity index (χ0v) is 10.5. The van der Waals surface area contributed by atoms with E-state index in [2.05, 4.69) is 16.5 Å². The molecule has 5 heteroatoms. The number of imidazole rings is 1. The van der Waals surface area contributed by atoms with Gasteiger partial charge in [-0.2, -0.15) is 0 Å². The van der Waals surface area contributed by atoms with Gasteiger partial charge in [-0.25, -0.2) is 4.98 Å². The first-order valence-electron chi connectivity index (χ1n) is 5.70. The molecule has 0 radical (unpaired) electrons. The van der Waals surface area contributed by atoms with Gasteiger partial charge in [-0.1, -0.05) is 6.92 Å². The molecule has 0 aliphatic heterocycles. The summed E-state index contributed by atoms with van der Waals surface area (Å²) in [6.07, 6.45) is 7.06. The molecule has 0 saturated carbocycles. The van der Waals surface area contributed by atoms with E-state index >= 15 is 0 Å². The summed E-state index contributed by atoms with van der Waals surface area (Å²) < 4.78 is 7.16. The van der Waals surface area contributed by atoms with Gasteiger partial charge in [0, 0.05) is 37.0 Å². The second-order valence-corrected chi connectivity index (χ2v) is 4.34. The predicted octanol–water partition coefficient (Wildman–Crippen LogP) is 2.78. The summed E-state index contributed by atoms with van der Waals surface area (Å²) in [4.78, 5) is 4.32. The second-order valence-electron chi connectivity index (χ2n) is 4.00. The van der Waals surface area contributed by atoms with Crippen LogP contribution in [-0.2, 0) is 13.0 Å². The van der Waals surface area contributed by atoms with Gasteiger partial charge in [0.05, 0.1) is 6.26 Å². The lowest BCUT2D eigenvalue weighted by molar-refractivity contribution is 0.555. The molecule has 17 heavy (non-hydrogen) atoms. The summed E-state index contributed by atoms with van der Waals surface area (Å²) >= 11 is 5.90. The Morgan fingerprint density at radius 1 is 1.59 bits per heavy atom. The number of halogens is 1. The summed E-state index contributed by atoms with van der Waals surface area (Å²) in [5, 5.41) is 0.367. The molecule has 2 aromatic heterocycles. The molecule has 92 valence electrons. The molecule has 0 saturated heterocycles. The number of hydrogen-bond acceptors (Lipinski definition) is 3. The number of aromatic nitrogens is 2. The number of furan rings is 1. The van der Waals surface area contributed by atoms with Gasteiger partial charge >= 0.3 is 0 Å². The number of nitrogens with zero attached hydrogens (tertiary/aromatic N) is 2. The maximum atomic E-state index is 6.10. The average molecular weight is 254 g/mol. The zero-order valence-electron chi connectivity index (χ0n) is 9.77. The summed E-state index contributed by atoms with van der Waals surface area (Å²) in [5.41, 5.74) is 6.93. The van der Waals surface area contributed by atoms with Gasteiger partial charge in [-0.15, -0.1) is 0 Å². The van der Waals surface area contributed by atoms with Crippen LogP contribution in [0.15, 0.2) is 29.1 Å². The van der Waals surface area contributed by atoms with E-state index in [0.717, 1.165) is 24.4 Å². The fourth-order valence-corrected chi connectivity index (χ4v) is 2.11. The van der Waals surface area contributed by atoms with Crippen molar-refractivity contribution in [1.82, 2.24) is 9.55 Å². The van der Waals surface area contributed by atoms with E-state index in [0.29, 0.717) is 11.6 Å². The molecular formula is C12H16ClN3O. The van der Waals surface area contributed by atoms with Crippen molar-refractivity contribution in [2.75, 3.05) is 0 Å². The Balaban J connectivity index is 2.10. The van der Waals surface area contributed by atoms with E-state index in [1.807, 2.05) is 6.20 Å². The highest BCUT2D eigenvalue weighted by atomic mass is 35.5. The quantitative estimate of drug-likeness (QED) is 0.891. The normalized spacial score (nSPS) is 12.9. The van der Waals surface area contributed by atoms with Gasteiger partial charge in [0.15, 0.2) is 5.22 Å². The Labute approximate surface area is 105 Å². The van der Waals surface area contributed by atoms with Crippen molar-refractivity contribution in [2.45, 2.75) is 32.4 Å². The molecule has 0 spiro atoms. The van der Waals surface area contributed by atoms with Gasteiger partial charge in [-0.3, -0.25) is 0 Å². The molecule has 0 fully saturated rings. The lowest BCUT2D eigenvalue weighted by atomic mass is 10.1. The Morgan fingerprint density at radius 2 is 2.41 bits per heavy atom. The first-order chi connectivity index (χ1) is 8.22. The van der Waals surface area contributed by atoms with Crippen molar-refractivity contribution in [3.05, 3.63) is 41.3 Å². The van der Waals surface area contributed by atoms with Crippen molar-refractivity contribution < 1.29 is 4.42 Å². The number of hydrogen-bond donors (Lipinski definition) is 1. The fraction of sp³-hybridized carbons (Fsp3) is 0.417. The van der Waals surface area contributed by atoms with Gasteiger partial charge in [0.2, 0.25) is 0 Å². The Hall–Kier alpha value is -1.26. The maximum Gasteiger partial charge on any atom is 0.197 e. The van der Waals surface area contributed by atoms with Crippen LogP contribution in [0, 0.1) is 0 Å². The molecule has 0 aliphatic carbocycles. The van der Waals surface area contributed by atoms with Crippen LogP contribution < -0.4 is 5.73 Å². The van der Waals surface area contributed by atoms with Crippen LogP contribution in [0.5, 0.6) is 0 Å². The first-order valence-corrected chi connectivity index (χ1v) is 6.08. The molecule has 1 unspecified atom stereocenters. The second kappa shape index (κ2) is 5.38. The highest BCUT2D eigenvalue weighted by Crippen LogP contribution is 2.24. The summed E-state index contributed by atoms with van der Waals surface area (Å²) in [6, 6.07) is 1.62. The van der Waals surface area contributed by atoms with Crippen LogP contribution in [0.4, 0.5) is 0 Å². The van der Waals surface area contributed by atoms with E-state index in [9.17, 15) is 0 Å². The number of nitrogens with two attached hydrogens (primary N) is 1. The highest BCUT2D eigenvalue weighted by molar-refractivity contribution is 6.29. The van der Waals surface area contributed by atoms with E-state index in [-0.39, 0.29) is 6.04 Å². The Kier molecular flexibility index (Phi) is 3.86. The molecule has 2 N–H and O–H groups in total. The molecule has 1 atom stereocenters. The highest BCUT2D eigenvalue weighted by Gasteiger charge is 2.15. The first kappa shape index (κ1) is 12.2. The third-order valence-corrected chi connectivity index (χ3v) is 3.02. The third-order valence-electron chi connectivity index (χ3n) is 2.71. The molecule has 2 rings (SSSR count). The Morgan fingerprint density at radius 3 is 3.06 bits per heavy atom. The fourth-order valence-electron chi connectivity index (χ4n) is 1.85. The maximum absolute atomic E-state index is 6.10. The number of aryl methyl sites for hydroxylation is 1. The average Bonchev–Trinajstić information content (AvgIpc) is 2.89. The minimum absolute atomic E-state index is 0.181. The van der Waals surface area contributed by atoms with E-state index in [1.54, 1.807) is 18.5 Å². The number of rotatable bonds is 5. The van der Waals surface area contributed by atoms with Gasteiger partial charge in [0.25, 0.3) is 0 Å². The van der Waals surface area contributed by atoms with Gasteiger partial charge < -0.3 is 14.7 Å². The molecule has 0 bridgehead atoms. The Bertz CT molecular complexity index is 478. The van der Waals surface area contributed by atoms with Crippen LogP contribution in [0.1, 0.15) is 30.8 Å². The lowest BCUT2D eigenvalue weighted by Gasteiger charge is -2.11. The smallest absolute Gasteiger partial charge is 0.197 e. The SMILES string of the molecule is CCCn1ccnc1CC(N)c1ccoc1Cl. The van der Waals surface area contributed by atoms with Crippen molar-refractivity contribution in [2.24, 2.45) is 5.73 Å². The minimum Gasteiger partial charge on any atom is -0.453 e. The third kappa shape index (κ3) is 2.70. The van der Waals surface area contributed by atoms with Gasteiger partial charge in [0.1, 0.15) is 5.82 Å². The standard InChI is InChI=1S/C12H16ClN3O/c1-2-5-16-6-4-15-11(16)8-10(14)9-3-7-17-12(9)13/h3-4,6-7,10H,2,5,8,14H2,1H3. The van der Waals surface area contributed by atoms with E-state index in [1.165, 1.54) is 0 Å². The largest absolute Gasteiger partial charge is 0.453 e. The van der Waals surface area contributed by atoms with Crippen LogP contribution in [0.3, 0.4) is 0 Å². The van der Waals surface area contributed by atoms with Crippen molar-refractivity contribution in [3.63, 3.8) is 0 Å². The summed E-state index contributed by atoms with van der Waals surface area (Å²) in [5.74, 6) is 0.983. The monoisotopic (exact) mass is 253 g/mol. The van der Waals surface area contributed by atoms with Crippen molar-refractivity contribution >= 4 is 11.6 Å². The van der Waals surface area contributed by atoms with E-state index in [4.69, 9.17) is 21.8 Å². The molecular weight excluding hydrogens is 238 g/mol. The molecule has 0 aromatic carbocycles. The molecule has 2 aromatic rings. The van der Waals surface area contributed by atoms with Crippen LogP contribution in [-0.4, -0.2) is 9.55 Å². The minimum atomic E-state index is -0.181. The van der Waals surface area contributed by atoms with Crippen LogP contribution >= 0.6 is 11.6 Å². The molecule has 0 aliphatic rings. The summed E-state index contributed by atoms with van der Waals surface area (Å²) in [7, 11) is 0. The lowest BCUT2D eigenvalue weighted by Crippen LogP contribution is -2.16. The molecule has 2 heterocycles. The van der Waals surface area contributed by atoms with Crippen LogP contribution in [0.2, 0.25) is 5.22 Å². The van der Waals surface area contributed by atoms with Crippen molar-refractivity contribution in [1.29, 1.82) is 0 Å². The zero-order chi connectivity index (χ0) is 12.3. The molecule has 0 amide bonds. The predicted molar refractivity (Wildman–Crippen MR) is 66.9 cm³/mol. The van der Waals surface area contributed by atoms with E-state index < -0.39 is 0 Å². The van der Waals surface area contributed by atoms with Crippen LogP contribution in [0.25, 0.3) is 0 Å². The topological polar surface area (TPSA) is 57.0 Å².